The summed E-state index contributed by atoms with van der Waals surface area (Å²) in [5.74, 6) is 0.183. The lowest BCUT2D eigenvalue weighted by Gasteiger charge is -2.15. The third kappa shape index (κ3) is 5.00. The summed E-state index contributed by atoms with van der Waals surface area (Å²) in [5, 5.41) is 6.87. The van der Waals surface area contributed by atoms with Crippen molar-refractivity contribution in [2.45, 2.75) is 37.2 Å². The average molecular weight is 418 g/mol. The Hall–Kier alpha value is -2.75. The second-order valence-electron chi connectivity index (χ2n) is 6.85. The Balaban J connectivity index is 1.63. The van der Waals surface area contributed by atoms with Crippen molar-refractivity contribution in [3.63, 3.8) is 0 Å². The van der Waals surface area contributed by atoms with Crippen LogP contribution in [0.1, 0.15) is 25.3 Å². The van der Waals surface area contributed by atoms with Gasteiger partial charge in [-0.1, -0.05) is 19.1 Å². The molecule has 0 spiro atoms. The van der Waals surface area contributed by atoms with Crippen LogP contribution in [-0.4, -0.2) is 32.9 Å². The van der Waals surface area contributed by atoms with Crippen LogP contribution in [0.3, 0.4) is 0 Å². The molecule has 154 valence electrons. The Bertz CT molecular complexity index is 988. The lowest BCUT2D eigenvalue weighted by molar-refractivity contribution is -0.690. The van der Waals surface area contributed by atoms with E-state index in [0.29, 0.717) is 24.6 Å². The van der Waals surface area contributed by atoms with E-state index >= 15 is 0 Å². The first-order valence-electron chi connectivity index (χ1n) is 9.34. The summed E-state index contributed by atoms with van der Waals surface area (Å²) in [4.78, 5) is 26.4. The number of sulfonamides is 1. The third-order valence-electron chi connectivity index (χ3n) is 4.64. The van der Waals surface area contributed by atoms with Crippen LogP contribution in [0.2, 0.25) is 0 Å². The smallest absolute Gasteiger partial charge is 0.292 e. The summed E-state index contributed by atoms with van der Waals surface area (Å²) in [6, 6.07) is 12.5. The molecular weight excluding hydrogens is 394 g/mol. The van der Waals surface area contributed by atoms with E-state index in [1.807, 2.05) is 6.92 Å². The minimum absolute atomic E-state index is 0.0332. The van der Waals surface area contributed by atoms with Gasteiger partial charge in [0.15, 0.2) is 6.04 Å². The quantitative estimate of drug-likeness (QED) is 0.605. The number of amides is 2. The molecule has 0 unspecified atom stereocenters. The Kier molecular flexibility index (Phi) is 6.31. The molecule has 1 heterocycles. The van der Waals surface area contributed by atoms with Crippen LogP contribution in [0.4, 0.5) is 5.69 Å². The van der Waals surface area contributed by atoms with Crippen LogP contribution in [0.25, 0.3) is 0 Å². The molecule has 3 rings (SSSR count). The molecule has 4 N–H and O–H groups in total. The highest BCUT2D eigenvalue weighted by atomic mass is 32.2. The summed E-state index contributed by atoms with van der Waals surface area (Å²) >= 11 is 0. The maximum absolute atomic E-state index is 12.7. The van der Waals surface area contributed by atoms with Gasteiger partial charge in [0, 0.05) is 5.56 Å². The largest absolute Gasteiger partial charge is 0.494 e. The molecule has 29 heavy (non-hydrogen) atoms. The normalized spacial score (nSPS) is 17.0. The SMILES string of the molecule is CCCOc1ccc(N2C(=O)C[C@H]([NH2+]Cc3ccc(S(N)(=O)=O)cc3)C2=O)cc1. The maximum atomic E-state index is 12.7. The molecule has 0 radical (unpaired) electrons. The van der Waals surface area contributed by atoms with Crippen molar-refractivity contribution in [3.8, 4) is 5.75 Å². The Labute approximate surface area is 169 Å². The van der Waals surface area contributed by atoms with Crippen LogP contribution in [0.15, 0.2) is 53.4 Å². The Morgan fingerprint density at radius 1 is 1.10 bits per heavy atom. The fraction of sp³-hybridized carbons (Fsp3) is 0.300. The van der Waals surface area contributed by atoms with Gasteiger partial charge in [-0.3, -0.25) is 9.59 Å². The number of quaternary nitrogens is 1. The first kappa shape index (κ1) is 21.0. The molecule has 2 aromatic carbocycles. The van der Waals surface area contributed by atoms with Crippen molar-refractivity contribution in [2.75, 3.05) is 11.5 Å². The average Bonchev–Trinajstić information content (AvgIpc) is 2.98. The van der Waals surface area contributed by atoms with Gasteiger partial charge in [0.05, 0.1) is 23.6 Å². The molecule has 0 aromatic heterocycles. The number of rotatable bonds is 8. The molecule has 1 fully saturated rings. The van der Waals surface area contributed by atoms with Crippen LogP contribution < -0.4 is 20.1 Å². The monoisotopic (exact) mass is 418 g/mol. The van der Waals surface area contributed by atoms with Gasteiger partial charge < -0.3 is 10.1 Å². The van der Waals surface area contributed by atoms with Crippen molar-refractivity contribution in [3.05, 3.63) is 54.1 Å². The molecule has 1 atom stereocenters. The van der Waals surface area contributed by atoms with E-state index in [-0.39, 0.29) is 23.1 Å². The van der Waals surface area contributed by atoms with Crippen LogP contribution in [0.5, 0.6) is 5.75 Å². The number of anilines is 1. The molecule has 1 saturated heterocycles. The zero-order chi connectivity index (χ0) is 21.0. The second-order valence-corrected chi connectivity index (χ2v) is 8.41. The second kappa shape index (κ2) is 8.73. The number of imide groups is 1. The van der Waals surface area contributed by atoms with Gasteiger partial charge in [0.2, 0.25) is 15.9 Å². The number of hydrogen-bond acceptors (Lipinski definition) is 5. The fourth-order valence-electron chi connectivity index (χ4n) is 3.12. The van der Waals surface area contributed by atoms with E-state index in [9.17, 15) is 18.0 Å². The molecule has 9 heteroatoms. The number of benzene rings is 2. The topological polar surface area (TPSA) is 123 Å². The molecule has 2 aromatic rings. The highest BCUT2D eigenvalue weighted by Crippen LogP contribution is 2.24. The van der Waals surface area contributed by atoms with Crippen molar-refractivity contribution in [2.24, 2.45) is 5.14 Å². The van der Waals surface area contributed by atoms with Crippen LogP contribution >= 0.6 is 0 Å². The van der Waals surface area contributed by atoms with Crippen molar-refractivity contribution in [1.29, 1.82) is 0 Å². The van der Waals surface area contributed by atoms with E-state index < -0.39 is 16.1 Å². The standard InChI is InChI=1S/C20H23N3O5S/c1-2-11-28-16-7-5-15(6-8-16)23-19(24)12-18(20(23)25)22-13-14-3-9-17(10-4-14)29(21,26)27/h3-10,18,22H,2,11-13H2,1H3,(H2,21,26,27)/p+1/t18-/m0/s1. The zero-order valence-corrected chi connectivity index (χ0v) is 16.9. The van der Waals surface area contributed by atoms with E-state index in [1.165, 1.54) is 17.0 Å². The number of nitrogens with zero attached hydrogens (tertiary/aromatic N) is 1. The van der Waals surface area contributed by atoms with Crippen molar-refractivity contribution >= 4 is 27.5 Å². The van der Waals surface area contributed by atoms with Gasteiger partial charge in [0.1, 0.15) is 12.3 Å². The minimum Gasteiger partial charge on any atom is -0.494 e. The number of carbonyl (C=O) groups is 2. The molecule has 0 bridgehead atoms. The first-order valence-corrected chi connectivity index (χ1v) is 10.9. The Morgan fingerprint density at radius 2 is 1.76 bits per heavy atom. The van der Waals surface area contributed by atoms with Gasteiger partial charge in [0.25, 0.3) is 5.91 Å². The lowest BCUT2D eigenvalue weighted by Crippen LogP contribution is -2.90. The highest BCUT2D eigenvalue weighted by Gasteiger charge is 2.42. The fourth-order valence-corrected chi connectivity index (χ4v) is 3.63. The Morgan fingerprint density at radius 3 is 2.34 bits per heavy atom. The van der Waals surface area contributed by atoms with E-state index in [1.54, 1.807) is 41.7 Å². The van der Waals surface area contributed by atoms with Crippen molar-refractivity contribution < 1.29 is 28.1 Å². The lowest BCUT2D eigenvalue weighted by atomic mass is 10.2. The predicted molar refractivity (Wildman–Crippen MR) is 107 cm³/mol. The first-order chi connectivity index (χ1) is 13.8. The van der Waals surface area contributed by atoms with Crippen molar-refractivity contribution in [1.82, 2.24) is 0 Å². The molecule has 0 aliphatic carbocycles. The van der Waals surface area contributed by atoms with Crippen LogP contribution in [-0.2, 0) is 26.2 Å². The summed E-state index contributed by atoms with van der Waals surface area (Å²) in [7, 11) is -3.74. The minimum atomic E-state index is -3.74. The molecular formula is C20H24N3O5S+. The van der Waals surface area contributed by atoms with Gasteiger partial charge in [-0.25, -0.2) is 18.5 Å². The zero-order valence-electron chi connectivity index (χ0n) is 16.1. The van der Waals surface area contributed by atoms with Gasteiger partial charge >= 0.3 is 0 Å². The predicted octanol–water partition coefficient (Wildman–Crippen LogP) is 0.518. The van der Waals surface area contributed by atoms with Gasteiger partial charge in [-0.15, -0.1) is 0 Å². The molecule has 8 nitrogen and oxygen atoms in total. The van der Waals surface area contributed by atoms with E-state index in [0.717, 1.165) is 12.0 Å². The third-order valence-corrected chi connectivity index (χ3v) is 5.57. The van der Waals surface area contributed by atoms with E-state index in [2.05, 4.69) is 0 Å². The summed E-state index contributed by atoms with van der Waals surface area (Å²) in [5.41, 5.74) is 1.35. The summed E-state index contributed by atoms with van der Waals surface area (Å²) in [6.07, 6.45) is 1.01. The number of nitrogens with two attached hydrogens (primary N) is 2. The highest BCUT2D eigenvalue weighted by molar-refractivity contribution is 7.89. The number of primary sulfonamides is 1. The summed E-state index contributed by atoms with van der Waals surface area (Å²) < 4.78 is 28.1. The number of ether oxygens (including phenoxy) is 1. The molecule has 1 aliphatic rings. The van der Waals surface area contributed by atoms with Gasteiger partial charge in [-0.2, -0.15) is 0 Å². The molecule has 2 amide bonds. The van der Waals surface area contributed by atoms with Crippen LogP contribution in [0, 0.1) is 0 Å². The number of hydrogen-bond donors (Lipinski definition) is 2. The summed E-state index contributed by atoms with van der Waals surface area (Å²) in [6.45, 7) is 3.06. The molecule has 0 saturated carbocycles. The maximum Gasteiger partial charge on any atom is 0.292 e. The van der Waals surface area contributed by atoms with E-state index in [4.69, 9.17) is 9.88 Å². The van der Waals surface area contributed by atoms with Gasteiger partial charge in [-0.05, 0) is 42.8 Å². The molecule has 1 aliphatic heterocycles. The number of carbonyl (C=O) groups excluding carboxylic acids is 2.